The van der Waals surface area contributed by atoms with E-state index in [0.29, 0.717) is 5.92 Å². The molecular weight excluding hydrogens is 254 g/mol. The van der Waals surface area contributed by atoms with Crippen LogP contribution in [0, 0.1) is 0 Å². The first kappa shape index (κ1) is 10.4. The zero-order valence-electron chi connectivity index (χ0n) is 8.68. The Morgan fingerprint density at radius 1 is 1.33 bits per heavy atom. The molecule has 0 unspecified atom stereocenters. The number of pyridine rings is 1. The van der Waals surface area contributed by atoms with E-state index in [1.165, 1.54) is 0 Å². The van der Waals surface area contributed by atoms with Crippen molar-refractivity contribution in [1.29, 1.82) is 0 Å². The van der Waals surface area contributed by atoms with Crippen LogP contribution in [0.25, 0.3) is 5.69 Å². The van der Waals surface area contributed by atoms with Crippen LogP contribution in [0.3, 0.4) is 0 Å². The molecule has 4 heteroatoms. The van der Waals surface area contributed by atoms with E-state index in [0.717, 1.165) is 15.9 Å². The van der Waals surface area contributed by atoms with Gasteiger partial charge < -0.3 is 0 Å². The zero-order chi connectivity index (χ0) is 10.8. The number of aromatic nitrogens is 3. The van der Waals surface area contributed by atoms with Gasteiger partial charge in [-0.25, -0.2) is 4.68 Å². The number of rotatable bonds is 2. The molecule has 0 aliphatic rings. The fourth-order valence-corrected chi connectivity index (χ4v) is 1.77. The first-order valence-corrected chi connectivity index (χ1v) is 5.63. The predicted molar refractivity (Wildman–Crippen MR) is 63.1 cm³/mol. The van der Waals surface area contributed by atoms with Crippen LogP contribution < -0.4 is 0 Å². The van der Waals surface area contributed by atoms with Crippen LogP contribution in [-0.2, 0) is 0 Å². The molecule has 2 aromatic heterocycles. The Kier molecular flexibility index (Phi) is 2.86. The maximum absolute atomic E-state index is 4.50. The van der Waals surface area contributed by atoms with Crippen LogP contribution in [0.1, 0.15) is 25.5 Å². The van der Waals surface area contributed by atoms with Gasteiger partial charge in [-0.1, -0.05) is 13.8 Å². The van der Waals surface area contributed by atoms with Gasteiger partial charge in [0.25, 0.3) is 0 Å². The molecule has 15 heavy (non-hydrogen) atoms. The molecule has 0 spiro atoms. The van der Waals surface area contributed by atoms with Gasteiger partial charge in [0.05, 0.1) is 15.9 Å². The highest BCUT2D eigenvalue weighted by Gasteiger charge is 2.06. The minimum Gasteiger partial charge on any atom is -0.263 e. The molecule has 0 saturated carbocycles. The van der Waals surface area contributed by atoms with Crippen molar-refractivity contribution in [2.45, 2.75) is 19.8 Å². The minimum atomic E-state index is 0.451. The third kappa shape index (κ3) is 2.09. The van der Waals surface area contributed by atoms with Crippen LogP contribution in [-0.4, -0.2) is 14.8 Å². The van der Waals surface area contributed by atoms with Crippen molar-refractivity contribution in [2.75, 3.05) is 0 Å². The van der Waals surface area contributed by atoms with E-state index in [9.17, 15) is 0 Å². The molecule has 2 aromatic rings. The van der Waals surface area contributed by atoms with Gasteiger partial charge in [-0.2, -0.15) is 5.10 Å². The molecule has 2 rings (SSSR count). The molecule has 2 heterocycles. The van der Waals surface area contributed by atoms with Crippen molar-refractivity contribution in [3.63, 3.8) is 0 Å². The Morgan fingerprint density at radius 3 is 2.73 bits per heavy atom. The molecule has 0 saturated heterocycles. The van der Waals surface area contributed by atoms with Crippen LogP contribution in [0.5, 0.6) is 0 Å². The van der Waals surface area contributed by atoms with Gasteiger partial charge in [-0.05, 0) is 34.0 Å². The number of halogens is 1. The van der Waals surface area contributed by atoms with Gasteiger partial charge in [-0.15, -0.1) is 0 Å². The predicted octanol–water partition coefficient (Wildman–Crippen LogP) is 3.15. The van der Waals surface area contributed by atoms with Crippen molar-refractivity contribution >= 4 is 15.9 Å². The summed E-state index contributed by atoms with van der Waals surface area (Å²) in [4.78, 5) is 4.02. The summed E-state index contributed by atoms with van der Waals surface area (Å²) < 4.78 is 2.81. The molecule has 0 aromatic carbocycles. The van der Waals surface area contributed by atoms with Crippen molar-refractivity contribution in [3.8, 4) is 5.69 Å². The maximum atomic E-state index is 4.50. The third-order valence-corrected chi connectivity index (χ3v) is 2.81. The van der Waals surface area contributed by atoms with Crippen molar-refractivity contribution < 1.29 is 0 Å². The lowest BCUT2D eigenvalue weighted by atomic mass is 10.1. The lowest BCUT2D eigenvalue weighted by Crippen LogP contribution is -1.98. The molecule has 0 aliphatic heterocycles. The third-order valence-electron chi connectivity index (χ3n) is 2.20. The summed E-state index contributed by atoms with van der Waals surface area (Å²) in [6, 6.07) is 3.97. The highest BCUT2D eigenvalue weighted by molar-refractivity contribution is 9.10. The summed E-state index contributed by atoms with van der Waals surface area (Å²) in [6.45, 7) is 4.27. The summed E-state index contributed by atoms with van der Waals surface area (Å²) in [5, 5.41) is 4.50. The average molecular weight is 266 g/mol. The Morgan fingerprint density at radius 2 is 2.13 bits per heavy atom. The van der Waals surface area contributed by atoms with E-state index in [2.05, 4.69) is 39.9 Å². The standard InChI is InChI=1S/C11H12BrN3/c1-8(2)10-4-6-15(14-10)11-3-5-13-7-9(11)12/h3-8H,1-2H3. The Bertz CT molecular complexity index is 462. The van der Waals surface area contributed by atoms with Crippen molar-refractivity contribution in [2.24, 2.45) is 0 Å². The molecule has 0 amide bonds. The summed E-state index contributed by atoms with van der Waals surface area (Å²) in [5.41, 5.74) is 2.11. The second-order valence-electron chi connectivity index (χ2n) is 3.67. The van der Waals surface area contributed by atoms with E-state index in [1.807, 2.05) is 23.0 Å². The molecule has 78 valence electrons. The second-order valence-corrected chi connectivity index (χ2v) is 4.52. The molecule has 3 nitrogen and oxygen atoms in total. The van der Waals surface area contributed by atoms with Crippen LogP contribution in [0.4, 0.5) is 0 Å². The summed E-state index contributed by atoms with van der Waals surface area (Å²) in [6.07, 6.45) is 5.50. The molecule has 0 fully saturated rings. The van der Waals surface area contributed by atoms with Crippen LogP contribution in [0.2, 0.25) is 0 Å². The lowest BCUT2D eigenvalue weighted by molar-refractivity contribution is 0.766. The Balaban J connectivity index is 2.42. The minimum absolute atomic E-state index is 0.451. The molecule has 0 atom stereocenters. The molecule has 0 radical (unpaired) electrons. The molecule has 0 bridgehead atoms. The normalized spacial score (nSPS) is 10.9. The quantitative estimate of drug-likeness (QED) is 0.835. The van der Waals surface area contributed by atoms with Gasteiger partial charge in [0.2, 0.25) is 0 Å². The Hall–Kier alpha value is -1.16. The first-order valence-electron chi connectivity index (χ1n) is 4.84. The number of nitrogens with zero attached hydrogens (tertiary/aromatic N) is 3. The maximum Gasteiger partial charge on any atom is 0.0818 e. The van der Waals surface area contributed by atoms with Gasteiger partial charge in [0.15, 0.2) is 0 Å². The highest BCUT2D eigenvalue weighted by Crippen LogP contribution is 2.20. The second kappa shape index (κ2) is 4.14. The van der Waals surface area contributed by atoms with Crippen molar-refractivity contribution in [1.82, 2.24) is 14.8 Å². The fraction of sp³-hybridized carbons (Fsp3) is 0.273. The van der Waals surface area contributed by atoms with Crippen LogP contribution in [0.15, 0.2) is 35.2 Å². The van der Waals surface area contributed by atoms with Gasteiger partial charge in [0.1, 0.15) is 0 Å². The van der Waals surface area contributed by atoms with Gasteiger partial charge >= 0.3 is 0 Å². The van der Waals surface area contributed by atoms with E-state index in [-0.39, 0.29) is 0 Å². The SMILES string of the molecule is CC(C)c1ccn(-c2ccncc2Br)n1. The van der Waals surface area contributed by atoms with Crippen molar-refractivity contribution in [3.05, 3.63) is 40.9 Å². The molecular formula is C11H12BrN3. The van der Waals surface area contributed by atoms with Crippen LogP contribution >= 0.6 is 15.9 Å². The largest absolute Gasteiger partial charge is 0.263 e. The number of hydrogen-bond donors (Lipinski definition) is 0. The molecule has 0 N–H and O–H groups in total. The first-order chi connectivity index (χ1) is 7.18. The Labute approximate surface area is 97.3 Å². The zero-order valence-corrected chi connectivity index (χ0v) is 10.3. The molecule has 0 aliphatic carbocycles. The van der Waals surface area contributed by atoms with E-state index in [1.54, 1.807) is 12.4 Å². The summed E-state index contributed by atoms with van der Waals surface area (Å²) in [5.74, 6) is 0.451. The average Bonchev–Trinajstić information content (AvgIpc) is 2.67. The summed E-state index contributed by atoms with van der Waals surface area (Å²) in [7, 11) is 0. The van der Waals surface area contributed by atoms with E-state index >= 15 is 0 Å². The monoisotopic (exact) mass is 265 g/mol. The van der Waals surface area contributed by atoms with E-state index in [4.69, 9.17) is 0 Å². The number of hydrogen-bond acceptors (Lipinski definition) is 2. The van der Waals surface area contributed by atoms with Gasteiger partial charge in [0, 0.05) is 18.6 Å². The van der Waals surface area contributed by atoms with E-state index < -0.39 is 0 Å². The smallest absolute Gasteiger partial charge is 0.0818 e. The fourth-order valence-electron chi connectivity index (χ4n) is 1.33. The topological polar surface area (TPSA) is 30.7 Å². The lowest BCUT2D eigenvalue weighted by Gasteiger charge is -2.03. The summed E-state index contributed by atoms with van der Waals surface area (Å²) >= 11 is 3.46. The van der Waals surface area contributed by atoms with Gasteiger partial charge in [-0.3, -0.25) is 4.98 Å². The highest BCUT2D eigenvalue weighted by atomic mass is 79.9.